The summed E-state index contributed by atoms with van der Waals surface area (Å²) in [5, 5.41) is 11.3. The molecule has 0 bridgehead atoms. The Hall–Kier alpha value is -1.92. The summed E-state index contributed by atoms with van der Waals surface area (Å²) < 4.78 is 2.34. The highest BCUT2D eigenvalue weighted by atomic mass is 79.9. The molecule has 0 atom stereocenters. The first-order chi connectivity index (χ1) is 10.1. The van der Waals surface area contributed by atoms with E-state index in [0.717, 1.165) is 15.5 Å². The molecule has 1 N–H and O–H groups in total. The van der Waals surface area contributed by atoms with Crippen LogP contribution in [0.2, 0.25) is 5.02 Å². The fourth-order valence-corrected chi connectivity index (χ4v) is 2.37. The molecule has 0 saturated carbocycles. The highest BCUT2D eigenvalue weighted by molar-refractivity contribution is 9.10. The number of nitrogens with zero attached hydrogens (tertiary/aromatic N) is 3. The normalized spacial score (nSPS) is 10.8. The fourth-order valence-electron chi connectivity index (χ4n) is 1.94. The zero-order chi connectivity index (χ0) is 14.8. The quantitative estimate of drug-likeness (QED) is 0.773. The SMILES string of the molecule is O=C(Cn1nnc2ccccc21)Nc1ccc(Br)c(Cl)c1. The van der Waals surface area contributed by atoms with Crippen LogP contribution in [0.15, 0.2) is 46.9 Å². The Balaban J connectivity index is 1.75. The molecule has 2 aromatic carbocycles. The summed E-state index contributed by atoms with van der Waals surface area (Å²) >= 11 is 9.30. The maximum atomic E-state index is 12.1. The Kier molecular flexibility index (Phi) is 3.90. The largest absolute Gasteiger partial charge is 0.324 e. The van der Waals surface area contributed by atoms with Crippen LogP contribution in [0, 0.1) is 0 Å². The monoisotopic (exact) mass is 364 g/mol. The lowest BCUT2D eigenvalue weighted by atomic mass is 10.3. The molecule has 0 spiro atoms. The number of amides is 1. The number of halogens is 2. The van der Waals surface area contributed by atoms with E-state index in [1.807, 2.05) is 24.3 Å². The second-order valence-corrected chi connectivity index (χ2v) is 5.67. The van der Waals surface area contributed by atoms with Gasteiger partial charge in [0.1, 0.15) is 12.1 Å². The molecule has 0 fully saturated rings. The predicted octanol–water partition coefficient (Wildman–Crippen LogP) is 3.49. The van der Waals surface area contributed by atoms with Crippen LogP contribution in [-0.4, -0.2) is 20.9 Å². The molecule has 106 valence electrons. The van der Waals surface area contributed by atoms with E-state index in [0.29, 0.717) is 10.7 Å². The van der Waals surface area contributed by atoms with Gasteiger partial charge in [-0.25, -0.2) is 4.68 Å². The van der Waals surface area contributed by atoms with Crippen molar-refractivity contribution in [3.63, 3.8) is 0 Å². The van der Waals surface area contributed by atoms with Crippen LogP contribution >= 0.6 is 27.5 Å². The number of carbonyl (C=O) groups is 1. The van der Waals surface area contributed by atoms with Crippen LogP contribution in [0.3, 0.4) is 0 Å². The molecule has 3 rings (SSSR count). The highest BCUT2D eigenvalue weighted by Crippen LogP contribution is 2.25. The van der Waals surface area contributed by atoms with Crippen molar-refractivity contribution < 1.29 is 4.79 Å². The van der Waals surface area contributed by atoms with E-state index >= 15 is 0 Å². The highest BCUT2D eigenvalue weighted by Gasteiger charge is 2.09. The number of fused-ring (bicyclic) bond motifs is 1. The Labute approximate surface area is 134 Å². The van der Waals surface area contributed by atoms with E-state index in [2.05, 4.69) is 31.6 Å². The van der Waals surface area contributed by atoms with Crippen LogP contribution in [-0.2, 0) is 11.3 Å². The summed E-state index contributed by atoms with van der Waals surface area (Å²) in [5.74, 6) is -0.191. The number of carbonyl (C=O) groups excluding carboxylic acids is 1. The number of aromatic nitrogens is 3. The average Bonchev–Trinajstić information content (AvgIpc) is 2.86. The van der Waals surface area contributed by atoms with E-state index in [1.54, 1.807) is 22.9 Å². The summed E-state index contributed by atoms with van der Waals surface area (Å²) in [6.45, 7) is 0.0915. The smallest absolute Gasteiger partial charge is 0.246 e. The Morgan fingerprint density at radius 3 is 2.90 bits per heavy atom. The molecule has 0 aliphatic carbocycles. The van der Waals surface area contributed by atoms with Gasteiger partial charge in [-0.1, -0.05) is 28.9 Å². The molecule has 21 heavy (non-hydrogen) atoms. The first kappa shape index (κ1) is 14.0. The number of hydrogen-bond acceptors (Lipinski definition) is 3. The van der Waals surface area contributed by atoms with Crippen LogP contribution in [0.5, 0.6) is 0 Å². The molecule has 1 amide bonds. The standard InChI is InChI=1S/C14H10BrClN4O/c15-10-6-5-9(7-11(10)16)17-14(21)8-20-13-4-2-1-3-12(13)18-19-20/h1-7H,8H2,(H,17,21). The van der Waals surface area contributed by atoms with Crippen molar-refractivity contribution >= 4 is 50.2 Å². The fraction of sp³-hybridized carbons (Fsp3) is 0.0714. The third-order valence-electron chi connectivity index (χ3n) is 2.92. The van der Waals surface area contributed by atoms with Gasteiger partial charge in [-0.3, -0.25) is 4.79 Å². The molecular formula is C14H10BrClN4O. The van der Waals surface area contributed by atoms with Gasteiger partial charge in [0.15, 0.2) is 0 Å². The van der Waals surface area contributed by atoms with Gasteiger partial charge in [0.2, 0.25) is 5.91 Å². The van der Waals surface area contributed by atoms with Crippen LogP contribution in [0.4, 0.5) is 5.69 Å². The Morgan fingerprint density at radius 1 is 1.29 bits per heavy atom. The zero-order valence-corrected chi connectivity index (χ0v) is 13.1. The number of hydrogen-bond donors (Lipinski definition) is 1. The van der Waals surface area contributed by atoms with Gasteiger partial charge in [0.05, 0.1) is 10.5 Å². The summed E-state index contributed by atoms with van der Waals surface area (Å²) in [6, 6.07) is 12.7. The van der Waals surface area contributed by atoms with Crippen molar-refractivity contribution in [3.8, 4) is 0 Å². The van der Waals surface area contributed by atoms with Gasteiger partial charge in [-0.15, -0.1) is 5.10 Å². The first-order valence-corrected chi connectivity index (χ1v) is 7.34. The van der Waals surface area contributed by atoms with E-state index in [9.17, 15) is 4.79 Å². The second-order valence-electron chi connectivity index (χ2n) is 4.41. The van der Waals surface area contributed by atoms with Gasteiger partial charge < -0.3 is 5.32 Å². The van der Waals surface area contributed by atoms with Crippen molar-refractivity contribution in [2.75, 3.05) is 5.32 Å². The number of nitrogens with one attached hydrogen (secondary N) is 1. The summed E-state index contributed by atoms with van der Waals surface area (Å²) in [4.78, 5) is 12.1. The zero-order valence-electron chi connectivity index (χ0n) is 10.8. The van der Waals surface area contributed by atoms with Crippen molar-refractivity contribution in [3.05, 3.63) is 52.0 Å². The maximum Gasteiger partial charge on any atom is 0.246 e. The molecule has 0 unspecified atom stereocenters. The van der Waals surface area contributed by atoms with Crippen LogP contribution < -0.4 is 5.32 Å². The number of rotatable bonds is 3. The van der Waals surface area contributed by atoms with Gasteiger partial charge in [0.25, 0.3) is 0 Å². The van der Waals surface area contributed by atoms with Crippen LogP contribution in [0.1, 0.15) is 0 Å². The summed E-state index contributed by atoms with van der Waals surface area (Å²) in [5.41, 5.74) is 2.22. The van der Waals surface area contributed by atoms with Crippen molar-refractivity contribution in [1.82, 2.24) is 15.0 Å². The Morgan fingerprint density at radius 2 is 2.10 bits per heavy atom. The molecule has 1 aromatic heterocycles. The molecule has 0 aliphatic rings. The average molecular weight is 366 g/mol. The number of para-hydroxylation sites is 1. The summed E-state index contributed by atoms with van der Waals surface area (Å²) in [6.07, 6.45) is 0. The lowest BCUT2D eigenvalue weighted by Gasteiger charge is -2.06. The lowest BCUT2D eigenvalue weighted by molar-refractivity contribution is -0.116. The third kappa shape index (κ3) is 3.06. The molecule has 3 aromatic rings. The minimum atomic E-state index is -0.191. The number of anilines is 1. The number of benzene rings is 2. The van der Waals surface area contributed by atoms with E-state index < -0.39 is 0 Å². The van der Waals surface area contributed by atoms with Crippen molar-refractivity contribution in [2.24, 2.45) is 0 Å². The van der Waals surface area contributed by atoms with Gasteiger partial charge in [-0.05, 0) is 46.3 Å². The first-order valence-electron chi connectivity index (χ1n) is 6.16. The predicted molar refractivity (Wildman–Crippen MR) is 85.3 cm³/mol. The second kappa shape index (κ2) is 5.83. The van der Waals surface area contributed by atoms with Crippen LogP contribution in [0.25, 0.3) is 11.0 Å². The minimum Gasteiger partial charge on any atom is -0.324 e. The van der Waals surface area contributed by atoms with E-state index in [-0.39, 0.29) is 12.5 Å². The Bertz CT molecular complexity index is 818. The maximum absolute atomic E-state index is 12.1. The van der Waals surface area contributed by atoms with Gasteiger partial charge in [0, 0.05) is 10.2 Å². The minimum absolute atomic E-state index is 0.0915. The molecular weight excluding hydrogens is 356 g/mol. The van der Waals surface area contributed by atoms with E-state index in [4.69, 9.17) is 11.6 Å². The van der Waals surface area contributed by atoms with Crippen molar-refractivity contribution in [2.45, 2.75) is 6.54 Å². The molecule has 0 aliphatic heterocycles. The van der Waals surface area contributed by atoms with Gasteiger partial charge >= 0.3 is 0 Å². The molecule has 7 heteroatoms. The molecule has 0 saturated heterocycles. The van der Waals surface area contributed by atoms with Gasteiger partial charge in [-0.2, -0.15) is 0 Å². The molecule has 0 radical (unpaired) electrons. The molecule has 1 heterocycles. The summed E-state index contributed by atoms with van der Waals surface area (Å²) in [7, 11) is 0. The topological polar surface area (TPSA) is 59.8 Å². The van der Waals surface area contributed by atoms with Crippen molar-refractivity contribution in [1.29, 1.82) is 0 Å². The molecule has 5 nitrogen and oxygen atoms in total. The van der Waals surface area contributed by atoms with E-state index in [1.165, 1.54) is 0 Å². The third-order valence-corrected chi connectivity index (χ3v) is 4.15. The lowest BCUT2D eigenvalue weighted by Crippen LogP contribution is -2.19.